The molecule has 0 aliphatic heterocycles. The van der Waals surface area contributed by atoms with Crippen molar-refractivity contribution in [3.8, 4) is 16.8 Å². The normalized spacial score (nSPS) is 12.1. The van der Waals surface area contributed by atoms with Crippen molar-refractivity contribution in [3.63, 3.8) is 0 Å². The minimum absolute atomic E-state index is 0.874. The number of rotatable bonds is 3. The van der Waals surface area contributed by atoms with Gasteiger partial charge in [0, 0.05) is 33.7 Å². The zero-order valence-electron chi connectivity index (χ0n) is 22.4. The molecule has 3 aromatic heterocycles. The van der Waals surface area contributed by atoms with E-state index in [-0.39, 0.29) is 0 Å². The van der Waals surface area contributed by atoms with Gasteiger partial charge in [-0.25, -0.2) is 4.98 Å². The van der Waals surface area contributed by atoms with Crippen molar-refractivity contribution in [2.75, 3.05) is 0 Å². The Bertz CT molecular complexity index is 2470. The first-order valence-corrected chi connectivity index (χ1v) is 14.0. The van der Waals surface area contributed by atoms with Crippen molar-refractivity contribution in [3.05, 3.63) is 121 Å². The quantitative estimate of drug-likeness (QED) is 0.229. The number of fused-ring (bicyclic) bond motifs is 8. The van der Waals surface area contributed by atoms with Crippen molar-refractivity contribution in [2.45, 2.75) is 13.3 Å². The summed E-state index contributed by atoms with van der Waals surface area (Å²) in [5.74, 6) is 1.07. The number of nitrogens with zero attached hydrogens (tertiary/aromatic N) is 2. The summed E-state index contributed by atoms with van der Waals surface area (Å²) in [6.45, 7) is 2.16. The van der Waals surface area contributed by atoms with Crippen LogP contribution in [0.15, 0.2) is 124 Å². The first kappa shape index (κ1) is 22.5. The molecule has 0 bridgehead atoms. The highest BCUT2D eigenvalue weighted by atomic mass is 16.3. The summed E-state index contributed by atoms with van der Waals surface area (Å²) >= 11 is 0. The van der Waals surface area contributed by atoms with Crippen LogP contribution in [0.4, 0.5) is 0 Å². The van der Waals surface area contributed by atoms with Gasteiger partial charge >= 0.3 is 0 Å². The third kappa shape index (κ3) is 3.31. The first-order valence-electron chi connectivity index (χ1n) is 14.0. The van der Waals surface area contributed by atoms with E-state index in [1.807, 2.05) is 24.3 Å². The predicted octanol–water partition coefficient (Wildman–Crippen LogP) is 10.2. The van der Waals surface area contributed by atoms with Gasteiger partial charge in [-0.15, -0.1) is 0 Å². The summed E-state index contributed by atoms with van der Waals surface area (Å²) in [7, 11) is 0. The highest BCUT2D eigenvalue weighted by molar-refractivity contribution is 6.15. The number of benzene rings is 6. The van der Waals surface area contributed by atoms with E-state index in [4.69, 9.17) is 13.8 Å². The molecule has 3 heterocycles. The number of para-hydroxylation sites is 3. The third-order valence-electron chi connectivity index (χ3n) is 8.33. The molecule has 9 rings (SSSR count). The van der Waals surface area contributed by atoms with Crippen LogP contribution in [-0.4, -0.2) is 9.55 Å². The van der Waals surface area contributed by atoms with Gasteiger partial charge in [0.15, 0.2) is 0 Å². The minimum atomic E-state index is 0.874. The van der Waals surface area contributed by atoms with Gasteiger partial charge in [-0.05, 0) is 82.6 Å². The van der Waals surface area contributed by atoms with Crippen LogP contribution in [0.2, 0.25) is 0 Å². The Labute approximate surface area is 235 Å². The summed E-state index contributed by atoms with van der Waals surface area (Å²) < 4.78 is 14.7. The standard InChI is InChI=1S/C37H24N2O2/c1-2-37-38-31-8-4-5-9-32(31)39(37)26-15-13-23-17-22(11-12-24(23)18-26)25-14-16-34-28(19-25)30-21-35-29(20-36(30)41-34)27-7-3-6-10-33(27)40-35/h3-21H,2H2,1H3. The number of aromatic nitrogens is 2. The highest BCUT2D eigenvalue weighted by Gasteiger charge is 2.15. The molecule has 4 nitrogen and oxygen atoms in total. The van der Waals surface area contributed by atoms with Crippen LogP contribution in [0.3, 0.4) is 0 Å². The van der Waals surface area contributed by atoms with Gasteiger partial charge in [-0.2, -0.15) is 0 Å². The van der Waals surface area contributed by atoms with E-state index in [0.29, 0.717) is 0 Å². The molecule has 0 atom stereocenters. The summed E-state index contributed by atoms with van der Waals surface area (Å²) in [6, 6.07) is 40.5. The van der Waals surface area contributed by atoms with Crippen LogP contribution in [0, 0.1) is 0 Å². The Morgan fingerprint density at radius 2 is 1.22 bits per heavy atom. The van der Waals surface area contributed by atoms with Gasteiger partial charge in [0.25, 0.3) is 0 Å². The zero-order chi connectivity index (χ0) is 27.1. The maximum atomic E-state index is 6.29. The molecular formula is C37H24N2O2. The fourth-order valence-electron chi connectivity index (χ4n) is 6.33. The SMILES string of the molecule is CCc1nc2ccccc2n1-c1ccc2cc(-c3ccc4oc5cc6c(cc5c4c3)oc3ccccc36)ccc2c1. The second kappa shape index (κ2) is 8.33. The molecule has 0 fully saturated rings. The zero-order valence-corrected chi connectivity index (χ0v) is 22.4. The van der Waals surface area contributed by atoms with E-state index in [1.165, 1.54) is 16.3 Å². The van der Waals surface area contributed by atoms with Crippen LogP contribution in [-0.2, 0) is 6.42 Å². The monoisotopic (exact) mass is 528 g/mol. The number of imidazole rings is 1. The fourth-order valence-corrected chi connectivity index (χ4v) is 6.33. The Morgan fingerprint density at radius 1 is 0.561 bits per heavy atom. The average molecular weight is 529 g/mol. The summed E-state index contributed by atoms with van der Waals surface area (Å²) in [5.41, 5.74) is 9.17. The lowest BCUT2D eigenvalue weighted by atomic mass is 9.99. The lowest BCUT2D eigenvalue weighted by Gasteiger charge is -2.11. The average Bonchev–Trinajstić information content (AvgIpc) is 3.69. The summed E-state index contributed by atoms with van der Waals surface area (Å²) in [4.78, 5) is 4.86. The summed E-state index contributed by atoms with van der Waals surface area (Å²) in [5, 5.41) is 6.75. The second-order valence-corrected chi connectivity index (χ2v) is 10.7. The van der Waals surface area contributed by atoms with Crippen LogP contribution < -0.4 is 0 Å². The maximum absolute atomic E-state index is 6.29. The third-order valence-corrected chi connectivity index (χ3v) is 8.33. The molecule has 194 valence electrons. The molecule has 0 N–H and O–H groups in total. The molecule has 0 saturated heterocycles. The van der Waals surface area contributed by atoms with Crippen molar-refractivity contribution in [2.24, 2.45) is 0 Å². The Morgan fingerprint density at radius 3 is 2.10 bits per heavy atom. The van der Waals surface area contributed by atoms with E-state index in [1.54, 1.807) is 0 Å². The number of furan rings is 2. The fraction of sp³-hybridized carbons (Fsp3) is 0.0541. The Hall–Kier alpha value is -5.35. The van der Waals surface area contributed by atoms with Crippen LogP contribution >= 0.6 is 0 Å². The van der Waals surface area contributed by atoms with Gasteiger partial charge in [0.05, 0.1) is 11.0 Å². The molecule has 0 unspecified atom stereocenters. The van der Waals surface area contributed by atoms with E-state index in [9.17, 15) is 0 Å². The van der Waals surface area contributed by atoms with Crippen molar-refractivity contribution in [1.82, 2.24) is 9.55 Å². The number of hydrogen-bond acceptors (Lipinski definition) is 3. The Kier molecular flexibility index (Phi) is 4.56. The van der Waals surface area contributed by atoms with Crippen molar-refractivity contribution in [1.29, 1.82) is 0 Å². The molecule has 0 aliphatic carbocycles. The molecule has 41 heavy (non-hydrogen) atoms. The van der Waals surface area contributed by atoms with E-state index < -0.39 is 0 Å². The van der Waals surface area contributed by atoms with E-state index in [2.05, 4.69) is 102 Å². The van der Waals surface area contributed by atoms with Crippen LogP contribution in [0.1, 0.15) is 12.7 Å². The van der Waals surface area contributed by atoms with Gasteiger partial charge in [-0.1, -0.05) is 61.5 Å². The molecular weight excluding hydrogens is 504 g/mol. The van der Waals surface area contributed by atoms with Gasteiger partial charge in [-0.3, -0.25) is 4.57 Å². The second-order valence-electron chi connectivity index (χ2n) is 10.7. The van der Waals surface area contributed by atoms with Crippen molar-refractivity contribution < 1.29 is 8.83 Å². The Balaban J connectivity index is 1.15. The van der Waals surface area contributed by atoms with Crippen molar-refractivity contribution >= 4 is 65.7 Å². The molecule has 4 heteroatoms. The lowest BCUT2D eigenvalue weighted by Crippen LogP contribution is -1.99. The number of hydrogen-bond donors (Lipinski definition) is 0. The lowest BCUT2D eigenvalue weighted by molar-refractivity contribution is 0.664. The molecule has 0 spiro atoms. The largest absolute Gasteiger partial charge is 0.456 e. The summed E-state index contributed by atoms with van der Waals surface area (Å²) in [6.07, 6.45) is 0.874. The molecule has 0 amide bonds. The molecule has 0 aliphatic rings. The maximum Gasteiger partial charge on any atom is 0.136 e. The van der Waals surface area contributed by atoms with E-state index >= 15 is 0 Å². The van der Waals surface area contributed by atoms with Gasteiger partial charge in [0.1, 0.15) is 28.2 Å². The topological polar surface area (TPSA) is 44.1 Å². The smallest absolute Gasteiger partial charge is 0.136 e. The van der Waals surface area contributed by atoms with Crippen LogP contribution in [0.5, 0.6) is 0 Å². The molecule has 0 radical (unpaired) electrons. The van der Waals surface area contributed by atoms with Gasteiger partial charge < -0.3 is 8.83 Å². The molecule has 0 saturated carbocycles. The molecule has 6 aromatic carbocycles. The minimum Gasteiger partial charge on any atom is -0.456 e. The highest BCUT2D eigenvalue weighted by Crippen LogP contribution is 2.38. The van der Waals surface area contributed by atoms with Crippen LogP contribution in [0.25, 0.3) is 82.5 Å². The van der Waals surface area contributed by atoms with E-state index in [0.717, 1.165) is 78.4 Å². The molecule has 9 aromatic rings. The van der Waals surface area contributed by atoms with Gasteiger partial charge in [0.2, 0.25) is 0 Å². The predicted molar refractivity (Wildman–Crippen MR) is 168 cm³/mol. The number of aryl methyl sites for hydroxylation is 1. The first-order chi connectivity index (χ1) is 20.2.